The van der Waals surface area contributed by atoms with E-state index in [9.17, 15) is 0 Å². The van der Waals surface area contributed by atoms with Crippen molar-refractivity contribution in [2.24, 2.45) is 11.1 Å². The molecule has 0 spiro atoms. The predicted molar refractivity (Wildman–Crippen MR) is 65.2 cm³/mol. The molecule has 3 heteroatoms. The van der Waals surface area contributed by atoms with Crippen LogP contribution in [-0.2, 0) is 0 Å². The Kier molecular flexibility index (Phi) is 4.14. The molecular weight excluding hydrogens is 186 g/mol. The summed E-state index contributed by atoms with van der Waals surface area (Å²) in [4.78, 5) is 2.46. The van der Waals surface area contributed by atoms with Crippen LogP contribution in [0.15, 0.2) is 0 Å². The highest BCUT2D eigenvalue weighted by molar-refractivity contribution is 5.82. The van der Waals surface area contributed by atoms with Gasteiger partial charge in [0.25, 0.3) is 0 Å². The fourth-order valence-corrected chi connectivity index (χ4v) is 1.76. The van der Waals surface area contributed by atoms with Crippen molar-refractivity contribution >= 4 is 5.84 Å². The topological polar surface area (TPSA) is 53.1 Å². The first kappa shape index (κ1) is 12.5. The highest BCUT2D eigenvalue weighted by Gasteiger charge is 2.26. The Labute approximate surface area is 93.5 Å². The molecule has 0 aromatic carbocycles. The van der Waals surface area contributed by atoms with Gasteiger partial charge in [0.2, 0.25) is 0 Å². The van der Waals surface area contributed by atoms with Crippen molar-refractivity contribution < 1.29 is 0 Å². The van der Waals surface area contributed by atoms with Gasteiger partial charge in [0.05, 0.1) is 5.84 Å². The molecule has 0 bridgehead atoms. The van der Waals surface area contributed by atoms with Crippen LogP contribution < -0.4 is 5.73 Å². The summed E-state index contributed by atoms with van der Waals surface area (Å²) in [5.74, 6) is 0.318. The third-order valence-electron chi connectivity index (χ3n) is 3.46. The summed E-state index contributed by atoms with van der Waals surface area (Å²) in [6.07, 6.45) is 6.19. The summed E-state index contributed by atoms with van der Waals surface area (Å²) in [5.41, 5.74) is 5.43. The molecule has 1 aliphatic rings. The number of hydrogen-bond donors (Lipinski definition) is 2. The highest BCUT2D eigenvalue weighted by atomic mass is 15.1. The molecule has 0 amide bonds. The van der Waals surface area contributed by atoms with E-state index in [1.54, 1.807) is 0 Å². The van der Waals surface area contributed by atoms with Gasteiger partial charge in [0.1, 0.15) is 0 Å². The maximum absolute atomic E-state index is 7.46. The standard InChI is InChI=1S/C12H25N3/c1-12(2,11(13)14)8-4-5-9-15(3)10-6-7-10/h10H,4-9H2,1-3H3,(H3,13,14). The van der Waals surface area contributed by atoms with Crippen LogP contribution in [0, 0.1) is 10.8 Å². The van der Waals surface area contributed by atoms with Crippen molar-refractivity contribution in [2.75, 3.05) is 13.6 Å². The van der Waals surface area contributed by atoms with Crippen LogP contribution in [0.1, 0.15) is 46.0 Å². The van der Waals surface area contributed by atoms with E-state index in [0.717, 1.165) is 12.5 Å². The summed E-state index contributed by atoms with van der Waals surface area (Å²) < 4.78 is 0. The third kappa shape index (κ3) is 4.20. The zero-order chi connectivity index (χ0) is 11.5. The van der Waals surface area contributed by atoms with Crippen LogP contribution in [0.3, 0.4) is 0 Å². The van der Waals surface area contributed by atoms with Crippen molar-refractivity contribution in [3.8, 4) is 0 Å². The van der Waals surface area contributed by atoms with Gasteiger partial charge in [-0.2, -0.15) is 0 Å². The Balaban J connectivity index is 2.07. The maximum atomic E-state index is 7.46. The number of unbranched alkanes of at least 4 members (excludes halogenated alkanes) is 1. The second kappa shape index (κ2) is 4.97. The molecule has 0 unspecified atom stereocenters. The fourth-order valence-electron chi connectivity index (χ4n) is 1.76. The van der Waals surface area contributed by atoms with Gasteiger partial charge in [-0.1, -0.05) is 20.3 Å². The number of nitrogens with two attached hydrogens (primary N) is 1. The smallest absolute Gasteiger partial charge is 0.0963 e. The molecule has 88 valence electrons. The first-order chi connectivity index (χ1) is 6.93. The first-order valence-corrected chi connectivity index (χ1v) is 5.98. The number of hydrogen-bond acceptors (Lipinski definition) is 2. The Morgan fingerprint density at radius 1 is 1.40 bits per heavy atom. The Bertz CT molecular complexity index is 219. The molecule has 15 heavy (non-hydrogen) atoms. The van der Waals surface area contributed by atoms with E-state index in [1.807, 2.05) is 0 Å². The van der Waals surface area contributed by atoms with Crippen LogP contribution in [0.5, 0.6) is 0 Å². The Hall–Kier alpha value is -0.570. The number of nitrogens with zero attached hydrogens (tertiary/aromatic N) is 1. The molecule has 0 radical (unpaired) electrons. The molecule has 0 saturated heterocycles. The molecular formula is C12H25N3. The Morgan fingerprint density at radius 2 is 2.00 bits per heavy atom. The lowest BCUT2D eigenvalue weighted by atomic mass is 9.86. The minimum absolute atomic E-state index is 0.113. The maximum Gasteiger partial charge on any atom is 0.0963 e. The van der Waals surface area contributed by atoms with E-state index in [-0.39, 0.29) is 5.41 Å². The molecule has 1 saturated carbocycles. The number of nitrogens with one attached hydrogen (secondary N) is 1. The van der Waals surface area contributed by atoms with Crippen molar-refractivity contribution in [3.63, 3.8) is 0 Å². The summed E-state index contributed by atoms with van der Waals surface area (Å²) in [6.45, 7) is 5.30. The SMILES string of the molecule is CN(CCCCC(C)(C)C(=N)N)C1CC1. The van der Waals surface area contributed by atoms with E-state index in [1.165, 1.54) is 32.2 Å². The zero-order valence-corrected chi connectivity index (χ0v) is 10.3. The lowest BCUT2D eigenvalue weighted by Gasteiger charge is -2.23. The summed E-state index contributed by atoms with van der Waals surface area (Å²) in [6, 6.07) is 0.866. The zero-order valence-electron chi connectivity index (χ0n) is 10.3. The number of rotatable bonds is 7. The largest absolute Gasteiger partial charge is 0.387 e. The Morgan fingerprint density at radius 3 is 2.47 bits per heavy atom. The normalized spacial score (nSPS) is 17.1. The highest BCUT2D eigenvalue weighted by Crippen LogP contribution is 2.26. The first-order valence-electron chi connectivity index (χ1n) is 5.98. The fraction of sp³-hybridized carbons (Fsp3) is 0.917. The number of amidine groups is 1. The summed E-state index contributed by atoms with van der Waals surface area (Å²) in [7, 11) is 2.22. The van der Waals surface area contributed by atoms with Crippen molar-refractivity contribution in [1.82, 2.24) is 4.90 Å². The van der Waals surface area contributed by atoms with Gasteiger partial charge in [0, 0.05) is 11.5 Å². The lowest BCUT2D eigenvalue weighted by Crippen LogP contribution is -2.31. The molecule has 0 aromatic rings. The van der Waals surface area contributed by atoms with Crippen molar-refractivity contribution in [1.29, 1.82) is 5.41 Å². The van der Waals surface area contributed by atoms with Crippen molar-refractivity contribution in [3.05, 3.63) is 0 Å². The summed E-state index contributed by atoms with van der Waals surface area (Å²) >= 11 is 0. The molecule has 0 aliphatic heterocycles. The van der Waals surface area contributed by atoms with E-state index in [2.05, 4.69) is 25.8 Å². The molecule has 0 heterocycles. The van der Waals surface area contributed by atoms with Gasteiger partial charge in [-0.05, 0) is 39.3 Å². The summed E-state index contributed by atoms with van der Waals surface area (Å²) in [5, 5.41) is 7.46. The van der Waals surface area contributed by atoms with Gasteiger partial charge in [0.15, 0.2) is 0 Å². The molecule has 1 fully saturated rings. The van der Waals surface area contributed by atoms with Crippen LogP contribution in [0.4, 0.5) is 0 Å². The second-order valence-corrected chi connectivity index (χ2v) is 5.47. The third-order valence-corrected chi connectivity index (χ3v) is 3.46. The molecule has 1 rings (SSSR count). The van der Waals surface area contributed by atoms with E-state index in [4.69, 9.17) is 11.1 Å². The molecule has 0 aromatic heterocycles. The average molecular weight is 211 g/mol. The van der Waals surface area contributed by atoms with Gasteiger partial charge in [-0.25, -0.2) is 0 Å². The van der Waals surface area contributed by atoms with Gasteiger partial charge < -0.3 is 10.6 Å². The van der Waals surface area contributed by atoms with E-state index >= 15 is 0 Å². The molecule has 3 N–H and O–H groups in total. The lowest BCUT2D eigenvalue weighted by molar-refractivity contribution is 0.306. The minimum Gasteiger partial charge on any atom is -0.387 e. The molecule has 3 nitrogen and oxygen atoms in total. The van der Waals surface area contributed by atoms with E-state index in [0.29, 0.717) is 5.84 Å². The second-order valence-electron chi connectivity index (χ2n) is 5.47. The minimum atomic E-state index is -0.113. The van der Waals surface area contributed by atoms with Crippen molar-refractivity contribution in [2.45, 2.75) is 52.0 Å². The molecule has 1 aliphatic carbocycles. The van der Waals surface area contributed by atoms with E-state index < -0.39 is 0 Å². The predicted octanol–water partition coefficient (Wildman–Crippen LogP) is 2.21. The monoisotopic (exact) mass is 211 g/mol. The quantitative estimate of drug-likeness (QED) is 0.385. The van der Waals surface area contributed by atoms with Gasteiger partial charge in [-0.3, -0.25) is 5.41 Å². The van der Waals surface area contributed by atoms with Gasteiger partial charge >= 0.3 is 0 Å². The van der Waals surface area contributed by atoms with Crippen LogP contribution >= 0.6 is 0 Å². The van der Waals surface area contributed by atoms with Crippen LogP contribution in [0.2, 0.25) is 0 Å². The van der Waals surface area contributed by atoms with Crippen LogP contribution in [-0.4, -0.2) is 30.4 Å². The van der Waals surface area contributed by atoms with Crippen LogP contribution in [0.25, 0.3) is 0 Å². The average Bonchev–Trinajstić information content (AvgIpc) is 2.94. The molecule has 0 atom stereocenters. The van der Waals surface area contributed by atoms with Gasteiger partial charge in [-0.15, -0.1) is 0 Å².